The summed E-state index contributed by atoms with van der Waals surface area (Å²) in [5, 5.41) is 4.19. The molecular formula is C14H21ClN2O. The molecule has 1 aromatic carbocycles. The Bertz CT molecular complexity index is 378. The monoisotopic (exact) mass is 268 g/mol. The average Bonchev–Trinajstić information content (AvgIpc) is 2.88. The molecule has 3 nitrogen and oxygen atoms in total. The zero-order valence-corrected chi connectivity index (χ0v) is 11.7. The molecule has 4 heteroatoms. The van der Waals surface area contributed by atoms with E-state index in [2.05, 4.69) is 22.3 Å². The van der Waals surface area contributed by atoms with Crippen LogP contribution in [0.15, 0.2) is 18.2 Å². The summed E-state index contributed by atoms with van der Waals surface area (Å²) in [5.74, 6) is 0. The molecule has 18 heavy (non-hydrogen) atoms. The normalized spacial score (nSPS) is 15.3. The molecule has 0 aromatic heterocycles. The van der Waals surface area contributed by atoms with E-state index in [9.17, 15) is 0 Å². The van der Waals surface area contributed by atoms with Gasteiger partial charge < -0.3 is 15.0 Å². The van der Waals surface area contributed by atoms with Crippen LogP contribution in [0.4, 0.5) is 5.69 Å². The predicted octanol–water partition coefficient (Wildman–Crippen LogP) is 2.68. The zero-order chi connectivity index (χ0) is 12.8. The molecule has 0 atom stereocenters. The Morgan fingerprint density at radius 2 is 2.11 bits per heavy atom. The summed E-state index contributed by atoms with van der Waals surface area (Å²) in [4.78, 5) is 2.45. The first kappa shape index (κ1) is 13.7. The van der Waals surface area contributed by atoms with Gasteiger partial charge >= 0.3 is 0 Å². The van der Waals surface area contributed by atoms with Crippen molar-refractivity contribution in [2.45, 2.75) is 19.4 Å². The van der Waals surface area contributed by atoms with Crippen molar-refractivity contribution < 1.29 is 4.74 Å². The van der Waals surface area contributed by atoms with Gasteiger partial charge in [-0.2, -0.15) is 0 Å². The minimum atomic E-state index is 0.736. The maximum atomic E-state index is 6.09. The Morgan fingerprint density at radius 1 is 1.33 bits per heavy atom. The van der Waals surface area contributed by atoms with Crippen molar-refractivity contribution in [2.24, 2.45) is 0 Å². The molecule has 1 N–H and O–H groups in total. The van der Waals surface area contributed by atoms with E-state index in [-0.39, 0.29) is 0 Å². The Hall–Kier alpha value is -0.770. The highest BCUT2D eigenvalue weighted by atomic mass is 35.5. The maximum Gasteiger partial charge on any atom is 0.0587 e. The maximum absolute atomic E-state index is 6.09. The Morgan fingerprint density at radius 3 is 2.83 bits per heavy atom. The number of methoxy groups -OCH3 is 1. The molecule has 0 aliphatic carbocycles. The Kier molecular flexibility index (Phi) is 5.29. The molecule has 1 saturated heterocycles. The number of rotatable bonds is 6. The Labute approximate surface area is 114 Å². The van der Waals surface area contributed by atoms with Gasteiger partial charge in [0.25, 0.3) is 0 Å². The highest BCUT2D eigenvalue weighted by molar-refractivity contribution is 6.30. The molecule has 1 aromatic rings. The number of benzene rings is 1. The number of nitrogens with one attached hydrogen (secondary N) is 1. The van der Waals surface area contributed by atoms with Crippen LogP contribution in [-0.4, -0.2) is 33.4 Å². The van der Waals surface area contributed by atoms with Gasteiger partial charge in [0, 0.05) is 44.0 Å². The van der Waals surface area contributed by atoms with Crippen molar-refractivity contribution in [3.8, 4) is 0 Å². The predicted molar refractivity (Wildman–Crippen MR) is 76.5 cm³/mol. The average molecular weight is 269 g/mol. The van der Waals surface area contributed by atoms with E-state index < -0.39 is 0 Å². The van der Waals surface area contributed by atoms with Crippen LogP contribution in [0.2, 0.25) is 5.02 Å². The van der Waals surface area contributed by atoms with Gasteiger partial charge in [-0.05, 0) is 36.6 Å². The van der Waals surface area contributed by atoms with Crippen LogP contribution >= 0.6 is 11.6 Å². The number of nitrogens with zero attached hydrogens (tertiary/aromatic N) is 1. The van der Waals surface area contributed by atoms with Gasteiger partial charge in [0.2, 0.25) is 0 Å². The fourth-order valence-corrected chi connectivity index (χ4v) is 2.55. The molecule has 0 amide bonds. The van der Waals surface area contributed by atoms with Crippen molar-refractivity contribution in [3.63, 3.8) is 0 Å². The lowest BCUT2D eigenvalue weighted by atomic mass is 10.1. The van der Waals surface area contributed by atoms with Gasteiger partial charge in [0.15, 0.2) is 0 Å². The van der Waals surface area contributed by atoms with E-state index in [1.54, 1.807) is 7.11 Å². The topological polar surface area (TPSA) is 24.5 Å². The number of hydrogen-bond acceptors (Lipinski definition) is 3. The van der Waals surface area contributed by atoms with Crippen LogP contribution in [0.25, 0.3) is 0 Å². The summed E-state index contributed by atoms with van der Waals surface area (Å²) in [6.07, 6.45) is 2.58. The molecule has 0 spiro atoms. The molecule has 100 valence electrons. The second kappa shape index (κ2) is 6.98. The van der Waals surface area contributed by atoms with E-state index in [0.717, 1.165) is 37.8 Å². The molecule has 1 fully saturated rings. The third-order valence-electron chi connectivity index (χ3n) is 3.29. The molecule has 0 saturated carbocycles. The van der Waals surface area contributed by atoms with Crippen molar-refractivity contribution in [3.05, 3.63) is 28.8 Å². The summed E-state index contributed by atoms with van der Waals surface area (Å²) in [6.45, 7) is 4.76. The summed E-state index contributed by atoms with van der Waals surface area (Å²) in [5.41, 5.74) is 2.60. The first-order valence-electron chi connectivity index (χ1n) is 6.54. The van der Waals surface area contributed by atoms with Gasteiger partial charge in [-0.15, -0.1) is 0 Å². The highest BCUT2D eigenvalue weighted by Gasteiger charge is 2.15. The van der Waals surface area contributed by atoms with E-state index in [1.165, 1.54) is 24.1 Å². The molecule has 1 heterocycles. The fourth-order valence-electron chi connectivity index (χ4n) is 2.36. The van der Waals surface area contributed by atoms with Crippen molar-refractivity contribution in [1.82, 2.24) is 5.32 Å². The summed E-state index contributed by atoms with van der Waals surface area (Å²) in [6, 6.07) is 6.18. The first-order valence-corrected chi connectivity index (χ1v) is 6.92. The number of hydrogen-bond donors (Lipinski definition) is 1. The Balaban J connectivity index is 2.03. The SMILES string of the molecule is COCCNCc1cc(Cl)ccc1N1CCCC1. The summed E-state index contributed by atoms with van der Waals surface area (Å²) < 4.78 is 5.03. The van der Waals surface area contributed by atoms with Gasteiger partial charge in [-0.1, -0.05) is 11.6 Å². The van der Waals surface area contributed by atoms with Gasteiger partial charge in [-0.25, -0.2) is 0 Å². The minimum absolute atomic E-state index is 0.736. The molecule has 1 aliphatic heterocycles. The van der Waals surface area contributed by atoms with Crippen LogP contribution in [0, 0.1) is 0 Å². The third kappa shape index (κ3) is 3.61. The van der Waals surface area contributed by atoms with Crippen molar-refractivity contribution in [2.75, 3.05) is 38.3 Å². The summed E-state index contributed by atoms with van der Waals surface area (Å²) in [7, 11) is 1.72. The molecule has 0 unspecified atom stereocenters. The van der Waals surface area contributed by atoms with Gasteiger partial charge in [0.1, 0.15) is 0 Å². The second-order valence-corrected chi connectivity index (χ2v) is 5.07. The van der Waals surface area contributed by atoms with E-state index in [1.807, 2.05) is 6.07 Å². The van der Waals surface area contributed by atoms with Crippen LogP contribution in [0.3, 0.4) is 0 Å². The van der Waals surface area contributed by atoms with Crippen LogP contribution in [-0.2, 0) is 11.3 Å². The van der Waals surface area contributed by atoms with E-state index in [4.69, 9.17) is 16.3 Å². The molecule has 0 radical (unpaired) electrons. The van der Waals surface area contributed by atoms with E-state index >= 15 is 0 Å². The largest absolute Gasteiger partial charge is 0.383 e. The molecule has 0 bridgehead atoms. The number of anilines is 1. The number of ether oxygens (including phenoxy) is 1. The third-order valence-corrected chi connectivity index (χ3v) is 3.52. The van der Waals surface area contributed by atoms with E-state index in [0.29, 0.717) is 0 Å². The fraction of sp³-hybridized carbons (Fsp3) is 0.571. The van der Waals surface area contributed by atoms with Crippen LogP contribution in [0.1, 0.15) is 18.4 Å². The smallest absolute Gasteiger partial charge is 0.0587 e. The lowest BCUT2D eigenvalue weighted by molar-refractivity contribution is 0.199. The quantitative estimate of drug-likeness (QED) is 0.803. The molecule has 2 rings (SSSR count). The highest BCUT2D eigenvalue weighted by Crippen LogP contribution is 2.27. The van der Waals surface area contributed by atoms with Gasteiger partial charge in [-0.3, -0.25) is 0 Å². The van der Waals surface area contributed by atoms with Crippen LogP contribution < -0.4 is 10.2 Å². The van der Waals surface area contributed by atoms with Gasteiger partial charge in [0.05, 0.1) is 6.61 Å². The summed E-state index contributed by atoms with van der Waals surface area (Å²) >= 11 is 6.09. The van der Waals surface area contributed by atoms with Crippen molar-refractivity contribution >= 4 is 17.3 Å². The lowest BCUT2D eigenvalue weighted by Crippen LogP contribution is -2.23. The second-order valence-electron chi connectivity index (χ2n) is 4.64. The lowest BCUT2D eigenvalue weighted by Gasteiger charge is -2.22. The zero-order valence-electron chi connectivity index (χ0n) is 10.9. The van der Waals surface area contributed by atoms with Crippen molar-refractivity contribution in [1.29, 1.82) is 0 Å². The first-order chi connectivity index (χ1) is 8.81. The number of halogens is 1. The minimum Gasteiger partial charge on any atom is -0.383 e. The molecular weight excluding hydrogens is 248 g/mol. The van der Waals surface area contributed by atoms with Crippen LogP contribution in [0.5, 0.6) is 0 Å². The standard InChI is InChI=1S/C14H21ClN2O/c1-18-9-6-16-11-12-10-13(15)4-5-14(12)17-7-2-3-8-17/h4-5,10,16H,2-3,6-9,11H2,1H3. The molecule has 1 aliphatic rings.